The summed E-state index contributed by atoms with van der Waals surface area (Å²) in [4.78, 5) is 38.4. The topological polar surface area (TPSA) is 116 Å². The molecule has 0 aliphatic carbocycles. The van der Waals surface area contributed by atoms with Crippen molar-refractivity contribution < 1.29 is 33.4 Å². The fourth-order valence-electron chi connectivity index (χ4n) is 2.35. The molecule has 142 valence electrons. The van der Waals surface area contributed by atoms with Crippen LogP contribution in [0.15, 0.2) is 65.1 Å². The molecule has 0 spiro atoms. The summed E-state index contributed by atoms with van der Waals surface area (Å²) in [6.07, 6.45) is -2.18. The van der Waals surface area contributed by atoms with Crippen molar-refractivity contribution in [2.45, 2.75) is 6.29 Å². The number of benzene rings is 2. The van der Waals surface area contributed by atoms with Crippen LogP contribution >= 0.6 is 12.6 Å². The highest BCUT2D eigenvalue weighted by atomic mass is 32.1. The molecule has 9 heteroatoms. The smallest absolute Gasteiger partial charge is 0.398 e. The minimum atomic E-state index is -2.18. The zero-order valence-electron chi connectivity index (χ0n) is 14.1. The lowest BCUT2D eigenvalue weighted by Gasteiger charge is -2.11. The van der Waals surface area contributed by atoms with Gasteiger partial charge in [-0.1, -0.05) is 73.3 Å². The average molecular weight is 399 g/mol. The van der Waals surface area contributed by atoms with Crippen molar-refractivity contribution in [2.75, 3.05) is 0 Å². The van der Waals surface area contributed by atoms with Gasteiger partial charge < -0.3 is 19.0 Å². The lowest BCUT2D eigenvalue weighted by molar-refractivity contribution is -0.166. The third-order valence-corrected chi connectivity index (χ3v) is 3.61. The van der Waals surface area contributed by atoms with E-state index < -0.39 is 29.4 Å². The number of nitrogens with zero attached hydrogens (tertiary/aromatic N) is 1. The second-order valence-electron chi connectivity index (χ2n) is 5.39. The van der Waals surface area contributed by atoms with Crippen LogP contribution in [0, 0.1) is 0 Å². The van der Waals surface area contributed by atoms with Crippen molar-refractivity contribution in [1.29, 1.82) is 0 Å². The molecule has 1 heterocycles. The zero-order valence-corrected chi connectivity index (χ0v) is 15.0. The number of carbonyl (C=O) groups is 3. The van der Waals surface area contributed by atoms with Gasteiger partial charge in [-0.25, -0.2) is 19.4 Å². The minimum absolute atomic E-state index is 0.303. The second-order valence-corrected chi connectivity index (χ2v) is 5.75. The molecule has 1 atom stereocenters. The van der Waals surface area contributed by atoms with Gasteiger partial charge in [0.25, 0.3) is 0 Å². The molecule has 1 N–H and O–H groups in total. The summed E-state index contributed by atoms with van der Waals surface area (Å²) in [5, 5.41) is 7.77. The van der Waals surface area contributed by atoms with E-state index in [0.29, 0.717) is 22.6 Å². The van der Waals surface area contributed by atoms with Crippen LogP contribution in [0.5, 0.6) is 0 Å². The highest BCUT2D eigenvalue weighted by Crippen LogP contribution is 2.32. The van der Waals surface area contributed by atoms with E-state index in [1.54, 1.807) is 48.5 Å². The predicted octanol–water partition coefficient (Wildman–Crippen LogP) is 3.64. The molecule has 3 rings (SSSR count). The maximum Gasteiger partial charge on any atom is 0.398 e. The van der Waals surface area contributed by atoms with Crippen molar-refractivity contribution in [3.05, 3.63) is 66.6 Å². The van der Waals surface area contributed by atoms with E-state index in [-0.39, 0.29) is 0 Å². The number of hydrogen-bond donors (Lipinski definition) is 2. The molecule has 0 aliphatic heterocycles. The number of thiol groups is 1. The Balaban J connectivity index is 1.98. The van der Waals surface area contributed by atoms with E-state index in [4.69, 9.17) is 9.52 Å². The van der Waals surface area contributed by atoms with E-state index in [0.717, 1.165) is 0 Å². The SMILES string of the molecule is O=C(S)OC(OC(=O)c1nc(-c2ccccc2)c(-c2ccccc2)o1)C(=O)O. The number of oxazole rings is 1. The maximum absolute atomic E-state index is 12.3. The fraction of sp³-hybridized carbons (Fsp3) is 0.0526. The van der Waals surface area contributed by atoms with Crippen LogP contribution in [0.25, 0.3) is 22.6 Å². The second kappa shape index (κ2) is 8.40. The van der Waals surface area contributed by atoms with Crippen LogP contribution in [-0.2, 0) is 14.3 Å². The van der Waals surface area contributed by atoms with Crippen molar-refractivity contribution in [3.63, 3.8) is 0 Å². The number of ether oxygens (including phenoxy) is 2. The predicted molar refractivity (Wildman–Crippen MR) is 99.7 cm³/mol. The first-order valence-corrected chi connectivity index (χ1v) is 8.35. The maximum atomic E-state index is 12.3. The molecule has 0 amide bonds. The Morgan fingerprint density at radius 1 is 0.929 bits per heavy atom. The third kappa shape index (κ3) is 4.38. The normalized spacial score (nSPS) is 11.5. The van der Waals surface area contributed by atoms with Gasteiger partial charge in [-0.05, 0) is 0 Å². The fourth-order valence-corrected chi connectivity index (χ4v) is 2.44. The summed E-state index contributed by atoms with van der Waals surface area (Å²) in [5.41, 5.74) is 1.71. The molecule has 0 saturated carbocycles. The Labute approximate surface area is 164 Å². The monoisotopic (exact) mass is 399 g/mol. The molecule has 0 saturated heterocycles. The lowest BCUT2D eigenvalue weighted by atomic mass is 10.1. The minimum Gasteiger partial charge on any atom is -0.476 e. The summed E-state index contributed by atoms with van der Waals surface area (Å²) in [7, 11) is 0. The molecule has 1 unspecified atom stereocenters. The Morgan fingerprint density at radius 2 is 1.50 bits per heavy atom. The zero-order chi connectivity index (χ0) is 20.1. The van der Waals surface area contributed by atoms with E-state index >= 15 is 0 Å². The van der Waals surface area contributed by atoms with Gasteiger partial charge >= 0.3 is 29.4 Å². The Bertz CT molecular complexity index is 945. The standard InChI is InChI=1S/C19H13NO7S/c21-16(22)18(27-19(24)28)26-17(23)15-20-13(11-7-3-1-4-8-11)14(25-15)12-9-5-2-6-10-12/h1-10,18H,(H,21,22)(H,24,28). The largest absolute Gasteiger partial charge is 0.476 e. The highest BCUT2D eigenvalue weighted by molar-refractivity contribution is 7.96. The van der Waals surface area contributed by atoms with Gasteiger partial charge in [0.05, 0.1) is 0 Å². The van der Waals surface area contributed by atoms with Gasteiger partial charge in [-0.2, -0.15) is 0 Å². The van der Waals surface area contributed by atoms with Gasteiger partial charge in [-0.15, -0.1) is 0 Å². The van der Waals surface area contributed by atoms with Crippen LogP contribution in [0.2, 0.25) is 0 Å². The van der Waals surface area contributed by atoms with E-state index in [9.17, 15) is 14.4 Å². The number of aliphatic carboxylic acids is 1. The van der Waals surface area contributed by atoms with Crippen molar-refractivity contribution in [2.24, 2.45) is 0 Å². The summed E-state index contributed by atoms with van der Waals surface area (Å²) < 4.78 is 14.6. The first-order chi connectivity index (χ1) is 13.5. The molecule has 0 bridgehead atoms. The quantitative estimate of drug-likeness (QED) is 0.367. The molecule has 0 radical (unpaired) electrons. The van der Waals surface area contributed by atoms with E-state index in [1.807, 2.05) is 12.1 Å². The van der Waals surface area contributed by atoms with Gasteiger partial charge in [-0.3, -0.25) is 0 Å². The first-order valence-electron chi connectivity index (χ1n) is 7.90. The van der Waals surface area contributed by atoms with Crippen molar-refractivity contribution >= 4 is 29.9 Å². The molecule has 0 aliphatic rings. The van der Waals surface area contributed by atoms with E-state index in [2.05, 4.69) is 27.1 Å². The van der Waals surface area contributed by atoms with Gasteiger partial charge in [0.2, 0.25) is 0 Å². The van der Waals surface area contributed by atoms with Gasteiger partial charge in [0.1, 0.15) is 5.69 Å². The summed E-state index contributed by atoms with van der Waals surface area (Å²) >= 11 is 3.30. The van der Waals surface area contributed by atoms with Crippen molar-refractivity contribution in [3.8, 4) is 22.6 Å². The lowest BCUT2D eigenvalue weighted by Crippen LogP contribution is -2.30. The molecule has 1 aromatic heterocycles. The Hall–Kier alpha value is -3.59. The summed E-state index contributed by atoms with van der Waals surface area (Å²) in [6, 6.07) is 17.9. The molecule has 0 fully saturated rings. The third-order valence-electron chi connectivity index (χ3n) is 3.51. The van der Waals surface area contributed by atoms with E-state index in [1.165, 1.54) is 0 Å². The Kier molecular flexibility index (Phi) is 5.75. The highest BCUT2D eigenvalue weighted by Gasteiger charge is 2.30. The van der Waals surface area contributed by atoms with Crippen LogP contribution in [0.1, 0.15) is 10.7 Å². The number of carboxylic acids is 1. The van der Waals surface area contributed by atoms with Crippen LogP contribution in [0.4, 0.5) is 4.79 Å². The van der Waals surface area contributed by atoms with Gasteiger partial charge in [0, 0.05) is 11.1 Å². The number of esters is 1. The molecular formula is C19H13NO7S. The van der Waals surface area contributed by atoms with Crippen LogP contribution in [0.3, 0.4) is 0 Å². The van der Waals surface area contributed by atoms with Crippen LogP contribution < -0.4 is 0 Å². The summed E-state index contributed by atoms with van der Waals surface area (Å²) in [6.45, 7) is 0. The van der Waals surface area contributed by atoms with Crippen molar-refractivity contribution in [1.82, 2.24) is 4.98 Å². The number of carboxylic acid groups (broad SMARTS) is 1. The average Bonchev–Trinajstić information content (AvgIpc) is 3.14. The molecule has 8 nitrogen and oxygen atoms in total. The molecule has 28 heavy (non-hydrogen) atoms. The Morgan fingerprint density at radius 3 is 2.04 bits per heavy atom. The number of carbonyl (C=O) groups excluding carboxylic acids is 2. The number of hydrogen-bond acceptors (Lipinski definition) is 7. The molecule has 2 aromatic carbocycles. The van der Waals surface area contributed by atoms with Gasteiger partial charge in [0.15, 0.2) is 5.76 Å². The number of aromatic nitrogens is 1. The van der Waals surface area contributed by atoms with Crippen LogP contribution in [-0.4, -0.2) is 33.6 Å². The summed E-state index contributed by atoms with van der Waals surface area (Å²) in [5.74, 6) is -3.08. The molecule has 3 aromatic rings. The molecular weight excluding hydrogens is 386 g/mol. The number of rotatable bonds is 6. The first kappa shape index (κ1) is 19.2.